The Hall–Kier alpha value is -1.00. The molecule has 18 heavy (non-hydrogen) atoms. The monoisotopic (exact) mass is 277 g/mol. The van der Waals surface area contributed by atoms with Crippen molar-refractivity contribution in [3.8, 4) is 5.75 Å². The number of ether oxygens (including phenoxy) is 1. The molecule has 0 spiro atoms. The van der Waals surface area contributed by atoms with Crippen LogP contribution >= 0.6 is 24.0 Å². The standard InChI is InChI=1S/C14H15NOS2/c17-9-12-14(10-6-7-10)15-13(18-12)8-16-11-4-2-1-3-5-11/h1-5,10,17H,6-9H2. The number of hydrogen-bond acceptors (Lipinski definition) is 4. The Labute approximate surface area is 116 Å². The molecule has 1 fully saturated rings. The Bertz CT molecular complexity index is 520. The second kappa shape index (κ2) is 5.33. The van der Waals surface area contributed by atoms with Gasteiger partial charge in [-0.2, -0.15) is 12.6 Å². The van der Waals surface area contributed by atoms with Gasteiger partial charge in [-0.05, 0) is 25.0 Å². The summed E-state index contributed by atoms with van der Waals surface area (Å²) in [6.45, 7) is 0.558. The highest BCUT2D eigenvalue weighted by Crippen LogP contribution is 2.43. The fourth-order valence-corrected chi connectivity index (χ4v) is 3.21. The zero-order valence-corrected chi connectivity index (χ0v) is 11.7. The number of para-hydroxylation sites is 1. The van der Waals surface area contributed by atoms with Crippen LogP contribution < -0.4 is 4.74 Å². The van der Waals surface area contributed by atoms with E-state index in [4.69, 9.17) is 9.72 Å². The van der Waals surface area contributed by atoms with E-state index in [1.807, 2.05) is 30.3 Å². The quantitative estimate of drug-likeness (QED) is 0.834. The molecule has 1 saturated carbocycles. The Morgan fingerprint density at radius 2 is 2.06 bits per heavy atom. The molecule has 0 amide bonds. The van der Waals surface area contributed by atoms with Crippen molar-refractivity contribution in [2.24, 2.45) is 0 Å². The first-order chi connectivity index (χ1) is 8.86. The molecule has 1 aromatic carbocycles. The number of aromatic nitrogens is 1. The summed E-state index contributed by atoms with van der Waals surface area (Å²) in [6.07, 6.45) is 2.56. The fraction of sp³-hybridized carbons (Fsp3) is 0.357. The zero-order chi connectivity index (χ0) is 12.4. The first kappa shape index (κ1) is 12.1. The maximum Gasteiger partial charge on any atom is 0.140 e. The maximum atomic E-state index is 5.73. The van der Waals surface area contributed by atoms with Crippen molar-refractivity contribution >= 4 is 24.0 Å². The first-order valence-corrected chi connectivity index (χ1v) is 7.59. The minimum absolute atomic E-state index is 0.558. The highest BCUT2D eigenvalue weighted by atomic mass is 32.1. The molecule has 0 unspecified atom stereocenters. The molecule has 94 valence electrons. The summed E-state index contributed by atoms with van der Waals surface area (Å²) in [5.74, 6) is 2.37. The van der Waals surface area contributed by atoms with Crippen LogP contribution in [0.5, 0.6) is 5.75 Å². The number of thiol groups is 1. The van der Waals surface area contributed by atoms with Gasteiger partial charge in [0.1, 0.15) is 17.4 Å². The molecule has 1 aromatic heterocycles. The number of hydrogen-bond donors (Lipinski definition) is 1. The summed E-state index contributed by atoms with van der Waals surface area (Å²) in [5.41, 5.74) is 1.27. The van der Waals surface area contributed by atoms with E-state index in [1.54, 1.807) is 11.3 Å². The maximum absolute atomic E-state index is 5.73. The van der Waals surface area contributed by atoms with Gasteiger partial charge in [-0.25, -0.2) is 4.98 Å². The van der Waals surface area contributed by atoms with Crippen molar-refractivity contribution in [1.82, 2.24) is 4.98 Å². The lowest BCUT2D eigenvalue weighted by Gasteiger charge is -2.02. The molecule has 2 aromatic rings. The van der Waals surface area contributed by atoms with E-state index in [0.29, 0.717) is 12.5 Å². The predicted octanol–water partition coefficient (Wildman–Crippen LogP) is 4.03. The summed E-state index contributed by atoms with van der Waals surface area (Å²) in [4.78, 5) is 6.02. The zero-order valence-electron chi connectivity index (χ0n) is 10.0. The summed E-state index contributed by atoms with van der Waals surface area (Å²) < 4.78 is 5.73. The minimum atomic E-state index is 0.558. The number of nitrogens with zero attached hydrogens (tertiary/aromatic N) is 1. The smallest absolute Gasteiger partial charge is 0.140 e. The Kier molecular flexibility index (Phi) is 3.57. The van der Waals surface area contributed by atoms with Gasteiger partial charge in [0.15, 0.2) is 0 Å². The molecule has 1 aliphatic rings. The van der Waals surface area contributed by atoms with Crippen LogP contribution in [0, 0.1) is 0 Å². The van der Waals surface area contributed by atoms with Crippen molar-refractivity contribution in [3.05, 3.63) is 45.9 Å². The van der Waals surface area contributed by atoms with Crippen molar-refractivity contribution in [3.63, 3.8) is 0 Å². The van der Waals surface area contributed by atoms with E-state index in [1.165, 1.54) is 23.4 Å². The van der Waals surface area contributed by atoms with Gasteiger partial charge in [-0.3, -0.25) is 0 Å². The molecular weight excluding hydrogens is 262 g/mol. The van der Waals surface area contributed by atoms with Crippen molar-refractivity contribution in [1.29, 1.82) is 0 Å². The van der Waals surface area contributed by atoms with Crippen LogP contribution in [0.25, 0.3) is 0 Å². The van der Waals surface area contributed by atoms with Gasteiger partial charge in [0.05, 0.1) is 5.69 Å². The summed E-state index contributed by atoms with van der Waals surface area (Å²) in [6, 6.07) is 9.88. The second-order valence-electron chi connectivity index (χ2n) is 4.45. The first-order valence-electron chi connectivity index (χ1n) is 6.14. The van der Waals surface area contributed by atoms with Crippen molar-refractivity contribution < 1.29 is 4.74 Å². The van der Waals surface area contributed by atoms with Crippen LogP contribution in [0.15, 0.2) is 30.3 Å². The SMILES string of the molecule is SCc1sc(COc2ccccc2)nc1C1CC1. The molecule has 0 aliphatic heterocycles. The molecule has 0 bridgehead atoms. The lowest BCUT2D eigenvalue weighted by Crippen LogP contribution is -1.94. The van der Waals surface area contributed by atoms with E-state index in [2.05, 4.69) is 12.6 Å². The fourth-order valence-electron chi connectivity index (χ4n) is 1.93. The minimum Gasteiger partial charge on any atom is -0.486 e. The number of thiazole rings is 1. The normalized spacial score (nSPS) is 14.7. The second-order valence-corrected chi connectivity index (χ2v) is 5.93. The molecule has 3 rings (SSSR count). The average molecular weight is 277 g/mol. The summed E-state index contributed by atoms with van der Waals surface area (Å²) in [5, 5.41) is 1.06. The van der Waals surface area contributed by atoms with Gasteiger partial charge in [0.25, 0.3) is 0 Å². The van der Waals surface area contributed by atoms with E-state index in [0.717, 1.165) is 16.5 Å². The van der Waals surface area contributed by atoms with E-state index >= 15 is 0 Å². The molecule has 2 nitrogen and oxygen atoms in total. The molecule has 1 aliphatic carbocycles. The largest absolute Gasteiger partial charge is 0.486 e. The molecule has 1 heterocycles. The Balaban J connectivity index is 1.69. The number of benzene rings is 1. The third-order valence-electron chi connectivity index (χ3n) is 2.99. The average Bonchev–Trinajstić information content (AvgIpc) is 3.18. The molecular formula is C14H15NOS2. The third-order valence-corrected chi connectivity index (χ3v) is 4.56. The van der Waals surface area contributed by atoms with E-state index < -0.39 is 0 Å². The Morgan fingerprint density at radius 3 is 2.72 bits per heavy atom. The lowest BCUT2D eigenvalue weighted by molar-refractivity contribution is 0.305. The molecule has 0 saturated heterocycles. The van der Waals surface area contributed by atoms with Crippen LogP contribution in [-0.2, 0) is 12.4 Å². The van der Waals surface area contributed by atoms with Crippen molar-refractivity contribution in [2.45, 2.75) is 31.1 Å². The lowest BCUT2D eigenvalue weighted by atomic mass is 10.3. The predicted molar refractivity (Wildman–Crippen MR) is 77.6 cm³/mol. The summed E-state index contributed by atoms with van der Waals surface area (Å²) in [7, 11) is 0. The molecule has 4 heteroatoms. The van der Waals surface area contributed by atoms with Gasteiger partial charge < -0.3 is 4.74 Å². The van der Waals surface area contributed by atoms with E-state index in [-0.39, 0.29) is 0 Å². The molecule has 0 atom stereocenters. The highest BCUT2D eigenvalue weighted by molar-refractivity contribution is 7.79. The van der Waals surface area contributed by atoms with Crippen LogP contribution in [0.3, 0.4) is 0 Å². The van der Waals surface area contributed by atoms with Gasteiger partial charge >= 0.3 is 0 Å². The van der Waals surface area contributed by atoms with Crippen LogP contribution in [0.1, 0.15) is 34.3 Å². The van der Waals surface area contributed by atoms with Crippen LogP contribution in [0.4, 0.5) is 0 Å². The molecule has 0 N–H and O–H groups in total. The van der Waals surface area contributed by atoms with Gasteiger partial charge in [-0.1, -0.05) is 18.2 Å². The third kappa shape index (κ3) is 2.70. The molecule has 0 radical (unpaired) electrons. The van der Waals surface area contributed by atoms with Gasteiger partial charge in [-0.15, -0.1) is 11.3 Å². The van der Waals surface area contributed by atoms with Crippen LogP contribution in [0.2, 0.25) is 0 Å². The van der Waals surface area contributed by atoms with Gasteiger partial charge in [0, 0.05) is 16.5 Å². The topological polar surface area (TPSA) is 22.1 Å². The highest BCUT2D eigenvalue weighted by Gasteiger charge is 2.29. The van der Waals surface area contributed by atoms with Crippen molar-refractivity contribution in [2.75, 3.05) is 0 Å². The van der Waals surface area contributed by atoms with E-state index in [9.17, 15) is 0 Å². The number of rotatable bonds is 5. The van der Waals surface area contributed by atoms with Crippen LogP contribution in [-0.4, -0.2) is 4.98 Å². The van der Waals surface area contributed by atoms with Gasteiger partial charge in [0.2, 0.25) is 0 Å². The Morgan fingerprint density at radius 1 is 1.28 bits per heavy atom. The summed E-state index contributed by atoms with van der Waals surface area (Å²) >= 11 is 6.12.